The summed E-state index contributed by atoms with van der Waals surface area (Å²) >= 11 is 1.58. The number of urea groups is 1. The first kappa shape index (κ1) is 16.4. The average molecular weight is 322 g/mol. The van der Waals surface area contributed by atoms with Crippen molar-refractivity contribution >= 4 is 29.5 Å². The SMILES string of the molecule is CSCCOC(=O)C1C(C)=NC(=O)NC1c1cccc(O)c1. The van der Waals surface area contributed by atoms with Crippen LogP contribution in [-0.2, 0) is 9.53 Å². The van der Waals surface area contributed by atoms with Gasteiger partial charge >= 0.3 is 12.0 Å². The van der Waals surface area contributed by atoms with Crippen LogP contribution in [0, 0.1) is 5.92 Å². The minimum absolute atomic E-state index is 0.0708. The number of hydrogen-bond acceptors (Lipinski definition) is 5. The number of thioether (sulfide) groups is 1. The van der Waals surface area contributed by atoms with Gasteiger partial charge in [0.15, 0.2) is 0 Å². The van der Waals surface area contributed by atoms with Crippen LogP contribution in [0.25, 0.3) is 0 Å². The number of nitrogens with zero attached hydrogens (tertiary/aromatic N) is 1. The predicted molar refractivity (Wildman–Crippen MR) is 85.3 cm³/mol. The molecule has 1 aromatic rings. The second-order valence-corrected chi connectivity index (χ2v) is 5.90. The van der Waals surface area contributed by atoms with Gasteiger partial charge in [-0.3, -0.25) is 4.79 Å². The summed E-state index contributed by atoms with van der Waals surface area (Å²) in [6.07, 6.45) is 1.93. The molecule has 0 aliphatic carbocycles. The third-order valence-corrected chi connectivity index (χ3v) is 3.93. The molecule has 1 aromatic carbocycles. The summed E-state index contributed by atoms with van der Waals surface area (Å²) in [6, 6.07) is 5.35. The van der Waals surface area contributed by atoms with Crippen LogP contribution in [0.5, 0.6) is 5.75 Å². The molecule has 2 atom stereocenters. The summed E-state index contributed by atoms with van der Waals surface area (Å²) in [5.74, 6) is -0.343. The molecule has 0 fully saturated rings. The Labute approximate surface area is 133 Å². The normalized spacial score (nSPS) is 21.0. The van der Waals surface area contributed by atoms with Crippen LogP contribution in [0.1, 0.15) is 18.5 Å². The molecule has 7 heteroatoms. The van der Waals surface area contributed by atoms with Gasteiger partial charge in [-0.2, -0.15) is 11.8 Å². The lowest BCUT2D eigenvalue weighted by atomic mass is 9.88. The van der Waals surface area contributed by atoms with E-state index in [4.69, 9.17) is 4.74 Å². The summed E-state index contributed by atoms with van der Waals surface area (Å²) in [5, 5.41) is 12.3. The number of phenolic OH excluding ortho intramolecular Hbond substituents is 1. The third-order valence-electron chi connectivity index (χ3n) is 3.36. The molecule has 0 saturated carbocycles. The number of aliphatic imine (C=N–C) groups is 1. The summed E-state index contributed by atoms with van der Waals surface area (Å²) in [5.41, 5.74) is 1.04. The predicted octanol–water partition coefficient (Wildman–Crippen LogP) is 2.14. The number of carbonyl (C=O) groups is 2. The van der Waals surface area contributed by atoms with Gasteiger partial charge in [-0.05, 0) is 30.9 Å². The number of esters is 1. The Morgan fingerprint density at radius 3 is 2.95 bits per heavy atom. The molecule has 0 saturated heterocycles. The van der Waals surface area contributed by atoms with E-state index in [0.717, 1.165) is 0 Å². The van der Waals surface area contributed by atoms with E-state index in [0.29, 0.717) is 23.6 Å². The van der Waals surface area contributed by atoms with Crippen LogP contribution in [0.3, 0.4) is 0 Å². The van der Waals surface area contributed by atoms with Gasteiger partial charge in [0, 0.05) is 11.5 Å². The topological polar surface area (TPSA) is 88.0 Å². The smallest absolute Gasteiger partial charge is 0.341 e. The van der Waals surface area contributed by atoms with Gasteiger partial charge in [-0.25, -0.2) is 9.79 Å². The van der Waals surface area contributed by atoms with Crippen molar-refractivity contribution in [2.45, 2.75) is 13.0 Å². The van der Waals surface area contributed by atoms with Crippen molar-refractivity contribution in [3.05, 3.63) is 29.8 Å². The molecule has 2 N–H and O–H groups in total. The third kappa shape index (κ3) is 3.79. The summed E-state index contributed by atoms with van der Waals surface area (Å²) < 4.78 is 5.26. The Balaban J connectivity index is 2.27. The molecule has 118 valence electrons. The summed E-state index contributed by atoms with van der Waals surface area (Å²) in [4.78, 5) is 27.8. The van der Waals surface area contributed by atoms with Gasteiger partial charge in [-0.1, -0.05) is 12.1 Å². The Bertz CT molecular complexity index is 603. The van der Waals surface area contributed by atoms with Crippen LogP contribution < -0.4 is 5.32 Å². The van der Waals surface area contributed by atoms with Gasteiger partial charge in [0.1, 0.15) is 18.3 Å². The molecule has 22 heavy (non-hydrogen) atoms. The Morgan fingerprint density at radius 2 is 2.27 bits per heavy atom. The van der Waals surface area contributed by atoms with E-state index in [1.54, 1.807) is 30.8 Å². The highest BCUT2D eigenvalue weighted by Gasteiger charge is 2.38. The van der Waals surface area contributed by atoms with Crippen LogP contribution >= 0.6 is 11.8 Å². The van der Waals surface area contributed by atoms with Crippen molar-refractivity contribution in [3.63, 3.8) is 0 Å². The van der Waals surface area contributed by atoms with Crippen molar-refractivity contribution in [1.82, 2.24) is 5.32 Å². The highest BCUT2D eigenvalue weighted by molar-refractivity contribution is 7.98. The molecule has 2 unspecified atom stereocenters. The molecule has 0 radical (unpaired) electrons. The van der Waals surface area contributed by atoms with Crippen LogP contribution in [-0.4, -0.2) is 41.4 Å². The number of ether oxygens (including phenoxy) is 1. The minimum Gasteiger partial charge on any atom is -0.508 e. The zero-order valence-electron chi connectivity index (χ0n) is 12.4. The van der Waals surface area contributed by atoms with E-state index in [9.17, 15) is 14.7 Å². The standard InChI is InChI=1S/C15H18N2O4S/c1-9-12(14(19)21-6-7-22-2)13(17-15(20)16-9)10-4-3-5-11(18)8-10/h3-5,8,12-13,18H,6-7H2,1-2H3,(H,17,20). The van der Waals surface area contributed by atoms with E-state index in [1.165, 1.54) is 12.1 Å². The second kappa shape index (κ2) is 7.31. The average Bonchev–Trinajstić information content (AvgIpc) is 2.46. The number of phenols is 1. The number of benzene rings is 1. The molecule has 0 spiro atoms. The summed E-state index contributed by atoms with van der Waals surface area (Å²) in [7, 11) is 0. The number of amides is 2. The number of aromatic hydroxyl groups is 1. The minimum atomic E-state index is -0.693. The van der Waals surface area contributed by atoms with Gasteiger partial charge in [0.05, 0.1) is 6.04 Å². The lowest BCUT2D eigenvalue weighted by molar-refractivity contribution is -0.146. The zero-order chi connectivity index (χ0) is 16.1. The maximum absolute atomic E-state index is 12.3. The number of carbonyl (C=O) groups excluding carboxylic acids is 2. The van der Waals surface area contributed by atoms with Gasteiger partial charge in [0.25, 0.3) is 0 Å². The molecule has 2 amide bonds. The molecule has 0 aromatic heterocycles. The van der Waals surface area contributed by atoms with E-state index < -0.39 is 24.0 Å². The van der Waals surface area contributed by atoms with Gasteiger partial charge in [-0.15, -0.1) is 0 Å². The van der Waals surface area contributed by atoms with E-state index >= 15 is 0 Å². The Morgan fingerprint density at radius 1 is 1.50 bits per heavy atom. The van der Waals surface area contributed by atoms with Crippen LogP contribution in [0.2, 0.25) is 0 Å². The number of rotatable bonds is 5. The molecular formula is C15H18N2O4S. The highest BCUT2D eigenvalue weighted by Crippen LogP contribution is 2.29. The molecule has 1 aliphatic heterocycles. The maximum atomic E-state index is 12.3. The Hall–Kier alpha value is -2.02. The number of nitrogens with one attached hydrogen (secondary N) is 1. The van der Waals surface area contributed by atoms with Gasteiger partial charge in [0.2, 0.25) is 0 Å². The van der Waals surface area contributed by atoms with Crippen LogP contribution in [0.15, 0.2) is 29.3 Å². The first-order valence-electron chi connectivity index (χ1n) is 6.83. The van der Waals surface area contributed by atoms with Crippen LogP contribution in [0.4, 0.5) is 4.79 Å². The molecule has 6 nitrogen and oxygen atoms in total. The van der Waals surface area contributed by atoms with E-state index in [-0.39, 0.29) is 5.75 Å². The monoisotopic (exact) mass is 322 g/mol. The van der Waals surface area contributed by atoms with Crippen molar-refractivity contribution in [1.29, 1.82) is 0 Å². The van der Waals surface area contributed by atoms with Crippen molar-refractivity contribution in [3.8, 4) is 5.75 Å². The van der Waals surface area contributed by atoms with E-state index in [1.807, 2.05) is 6.26 Å². The Kier molecular flexibility index (Phi) is 5.43. The maximum Gasteiger partial charge on any atom is 0.341 e. The van der Waals surface area contributed by atoms with Crippen molar-refractivity contribution in [2.24, 2.45) is 10.9 Å². The number of hydrogen-bond donors (Lipinski definition) is 2. The largest absolute Gasteiger partial charge is 0.508 e. The zero-order valence-corrected chi connectivity index (χ0v) is 13.2. The summed E-state index contributed by atoms with van der Waals surface area (Å²) in [6.45, 7) is 1.94. The second-order valence-electron chi connectivity index (χ2n) is 4.91. The van der Waals surface area contributed by atoms with E-state index in [2.05, 4.69) is 10.3 Å². The fourth-order valence-corrected chi connectivity index (χ4v) is 2.59. The molecule has 1 aliphatic rings. The molecular weight excluding hydrogens is 304 g/mol. The fourth-order valence-electron chi connectivity index (χ4n) is 2.34. The molecule has 1 heterocycles. The first-order chi connectivity index (χ1) is 10.5. The highest BCUT2D eigenvalue weighted by atomic mass is 32.2. The lowest BCUT2D eigenvalue weighted by Gasteiger charge is -2.29. The quantitative estimate of drug-likeness (QED) is 0.640. The first-order valence-corrected chi connectivity index (χ1v) is 8.22. The molecule has 2 rings (SSSR count). The lowest BCUT2D eigenvalue weighted by Crippen LogP contribution is -2.44. The van der Waals surface area contributed by atoms with Crippen molar-refractivity contribution in [2.75, 3.05) is 18.6 Å². The molecule has 0 bridgehead atoms. The van der Waals surface area contributed by atoms with Gasteiger partial charge < -0.3 is 15.2 Å². The van der Waals surface area contributed by atoms with Crippen molar-refractivity contribution < 1.29 is 19.4 Å². The fraction of sp³-hybridized carbons (Fsp3) is 0.400.